The Morgan fingerprint density at radius 1 is 1.35 bits per heavy atom. The van der Waals surface area contributed by atoms with Gasteiger partial charge in [0.25, 0.3) is 0 Å². The average molecular weight is 284 g/mol. The third-order valence-corrected chi connectivity index (χ3v) is 4.35. The van der Waals surface area contributed by atoms with Gasteiger partial charge in [0.15, 0.2) is 0 Å². The van der Waals surface area contributed by atoms with E-state index in [1.807, 2.05) is 18.9 Å². The monoisotopic (exact) mass is 284 g/mol. The minimum absolute atomic E-state index is 0.00547. The van der Waals surface area contributed by atoms with Crippen LogP contribution in [0.2, 0.25) is 0 Å². The predicted molar refractivity (Wildman–Crippen MR) is 78.7 cm³/mol. The Morgan fingerprint density at radius 3 is 2.50 bits per heavy atom. The van der Waals surface area contributed by atoms with Crippen molar-refractivity contribution in [3.63, 3.8) is 0 Å². The Kier molecular flexibility index (Phi) is 6.30. The second-order valence-electron chi connectivity index (χ2n) is 6.05. The number of hydrogen-bond acceptors (Lipinski definition) is 2. The first-order chi connectivity index (χ1) is 9.36. The molecular weight excluding hydrogens is 256 g/mol. The van der Waals surface area contributed by atoms with E-state index in [2.05, 4.69) is 6.92 Å². The van der Waals surface area contributed by atoms with Gasteiger partial charge in [-0.2, -0.15) is 0 Å². The highest BCUT2D eigenvalue weighted by atomic mass is 16.4. The van der Waals surface area contributed by atoms with E-state index in [1.165, 1.54) is 12.8 Å². The van der Waals surface area contributed by atoms with E-state index in [4.69, 9.17) is 5.11 Å². The molecule has 1 saturated carbocycles. The molecule has 0 heterocycles. The predicted octanol–water partition coefficient (Wildman–Crippen LogP) is 2.80. The van der Waals surface area contributed by atoms with Crippen molar-refractivity contribution in [1.82, 2.24) is 9.80 Å². The Balaban J connectivity index is 2.66. The molecule has 0 aromatic heterocycles. The topological polar surface area (TPSA) is 60.9 Å². The Morgan fingerprint density at radius 2 is 2.00 bits per heavy atom. The van der Waals surface area contributed by atoms with E-state index < -0.39 is 5.97 Å². The van der Waals surface area contributed by atoms with Crippen molar-refractivity contribution < 1.29 is 14.7 Å². The van der Waals surface area contributed by atoms with Crippen LogP contribution in [-0.4, -0.2) is 52.6 Å². The van der Waals surface area contributed by atoms with Crippen LogP contribution in [-0.2, 0) is 4.79 Å². The zero-order chi connectivity index (χ0) is 15.3. The van der Waals surface area contributed by atoms with Crippen molar-refractivity contribution in [2.45, 2.75) is 65.0 Å². The summed E-state index contributed by atoms with van der Waals surface area (Å²) in [5, 5.41) is 8.88. The third-order valence-electron chi connectivity index (χ3n) is 4.35. The molecule has 5 nitrogen and oxygen atoms in total. The zero-order valence-corrected chi connectivity index (χ0v) is 13.1. The van der Waals surface area contributed by atoms with Gasteiger partial charge in [-0.05, 0) is 32.6 Å². The molecule has 20 heavy (non-hydrogen) atoms. The lowest BCUT2D eigenvalue weighted by Gasteiger charge is -2.38. The molecule has 1 fully saturated rings. The van der Waals surface area contributed by atoms with Crippen LogP contribution < -0.4 is 0 Å². The van der Waals surface area contributed by atoms with Crippen molar-refractivity contribution in [3.05, 3.63) is 0 Å². The number of carbonyl (C=O) groups is 2. The number of urea groups is 1. The normalized spacial score (nSPS) is 24.0. The van der Waals surface area contributed by atoms with Gasteiger partial charge >= 0.3 is 12.0 Å². The van der Waals surface area contributed by atoms with Gasteiger partial charge in [0.05, 0.1) is 6.42 Å². The maximum Gasteiger partial charge on any atom is 0.320 e. The lowest BCUT2D eigenvalue weighted by molar-refractivity contribution is -0.138. The van der Waals surface area contributed by atoms with Crippen molar-refractivity contribution in [2.75, 3.05) is 13.6 Å². The van der Waals surface area contributed by atoms with Crippen LogP contribution in [0.25, 0.3) is 0 Å². The highest BCUT2D eigenvalue weighted by Crippen LogP contribution is 2.27. The largest absolute Gasteiger partial charge is 0.481 e. The SMILES string of the molecule is CCN(C(=O)N(C)C1CCCC(C)C1)C(C)CC(=O)O. The smallest absolute Gasteiger partial charge is 0.320 e. The summed E-state index contributed by atoms with van der Waals surface area (Å²) in [5.41, 5.74) is 0. The van der Waals surface area contributed by atoms with Crippen molar-refractivity contribution >= 4 is 12.0 Å². The van der Waals surface area contributed by atoms with Gasteiger partial charge < -0.3 is 14.9 Å². The molecule has 1 N–H and O–H groups in total. The van der Waals surface area contributed by atoms with Gasteiger partial charge in [-0.3, -0.25) is 4.79 Å². The van der Waals surface area contributed by atoms with E-state index in [0.717, 1.165) is 12.8 Å². The lowest BCUT2D eigenvalue weighted by Crippen LogP contribution is -2.50. The first kappa shape index (κ1) is 16.8. The number of carbonyl (C=O) groups excluding carboxylic acids is 1. The second kappa shape index (κ2) is 7.50. The van der Waals surface area contributed by atoms with Gasteiger partial charge in [0, 0.05) is 25.7 Å². The van der Waals surface area contributed by atoms with Crippen molar-refractivity contribution in [2.24, 2.45) is 5.92 Å². The molecule has 3 unspecified atom stereocenters. The zero-order valence-electron chi connectivity index (χ0n) is 13.1. The molecule has 0 saturated heterocycles. The molecule has 2 amide bonds. The van der Waals surface area contributed by atoms with Gasteiger partial charge in [0.1, 0.15) is 0 Å². The van der Waals surface area contributed by atoms with Crippen molar-refractivity contribution in [1.29, 1.82) is 0 Å². The van der Waals surface area contributed by atoms with Crippen LogP contribution >= 0.6 is 0 Å². The van der Waals surface area contributed by atoms with Gasteiger partial charge in [-0.15, -0.1) is 0 Å². The number of hydrogen-bond donors (Lipinski definition) is 1. The number of carboxylic acid groups (broad SMARTS) is 1. The van der Waals surface area contributed by atoms with Crippen molar-refractivity contribution in [3.8, 4) is 0 Å². The fraction of sp³-hybridized carbons (Fsp3) is 0.867. The Hall–Kier alpha value is -1.26. The molecule has 1 rings (SSSR count). The van der Waals surface area contributed by atoms with Gasteiger partial charge in [-0.1, -0.05) is 19.8 Å². The van der Waals surface area contributed by atoms with E-state index in [9.17, 15) is 9.59 Å². The third kappa shape index (κ3) is 4.39. The molecule has 0 aromatic carbocycles. The minimum Gasteiger partial charge on any atom is -0.481 e. The first-order valence-corrected chi connectivity index (χ1v) is 7.62. The second-order valence-corrected chi connectivity index (χ2v) is 6.05. The quantitative estimate of drug-likeness (QED) is 0.844. The molecule has 0 spiro atoms. The molecule has 0 aromatic rings. The van der Waals surface area contributed by atoms with E-state index in [0.29, 0.717) is 12.5 Å². The maximum atomic E-state index is 12.6. The summed E-state index contributed by atoms with van der Waals surface area (Å²) in [6.45, 7) is 6.47. The molecule has 1 aliphatic carbocycles. The summed E-state index contributed by atoms with van der Waals surface area (Å²) in [4.78, 5) is 26.9. The van der Waals surface area contributed by atoms with E-state index in [1.54, 1.807) is 11.8 Å². The standard InChI is InChI=1S/C15H28N2O3/c1-5-17(12(3)10-14(18)19)15(20)16(4)13-8-6-7-11(2)9-13/h11-13H,5-10H2,1-4H3,(H,18,19). The summed E-state index contributed by atoms with van der Waals surface area (Å²) in [7, 11) is 1.85. The molecule has 5 heteroatoms. The van der Waals surface area contributed by atoms with E-state index >= 15 is 0 Å². The maximum absolute atomic E-state index is 12.6. The molecule has 1 aliphatic rings. The average Bonchev–Trinajstić information content (AvgIpc) is 2.37. The summed E-state index contributed by atoms with van der Waals surface area (Å²) >= 11 is 0. The summed E-state index contributed by atoms with van der Waals surface area (Å²) in [5.74, 6) is -0.201. The molecule has 116 valence electrons. The minimum atomic E-state index is -0.863. The molecule has 0 aliphatic heterocycles. The van der Waals surface area contributed by atoms with Gasteiger partial charge in [-0.25, -0.2) is 4.79 Å². The highest BCUT2D eigenvalue weighted by molar-refractivity contribution is 5.76. The number of rotatable bonds is 5. The summed E-state index contributed by atoms with van der Waals surface area (Å²) < 4.78 is 0. The summed E-state index contributed by atoms with van der Waals surface area (Å²) in [6, 6.07) is -0.0221. The highest BCUT2D eigenvalue weighted by Gasteiger charge is 2.30. The van der Waals surface area contributed by atoms with Gasteiger partial charge in [0.2, 0.25) is 0 Å². The van der Waals surface area contributed by atoms with Crippen LogP contribution in [0.3, 0.4) is 0 Å². The van der Waals surface area contributed by atoms with Crippen LogP contribution in [0.5, 0.6) is 0 Å². The lowest BCUT2D eigenvalue weighted by atomic mass is 9.86. The Bertz CT molecular complexity index is 346. The molecule has 0 bridgehead atoms. The van der Waals surface area contributed by atoms with E-state index in [-0.39, 0.29) is 24.5 Å². The fourth-order valence-electron chi connectivity index (χ4n) is 3.11. The fourth-order valence-corrected chi connectivity index (χ4v) is 3.11. The van der Waals surface area contributed by atoms with Crippen LogP contribution in [0.15, 0.2) is 0 Å². The molecule has 0 radical (unpaired) electrons. The Labute approximate surface area is 121 Å². The number of amides is 2. The van der Waals surface area contributed by atoms with Crippen LogP contribution in [0.1, 0.15) is 52.9 Å². The van der Waals surface area contributed by atoms with Crippen LogP contribution in [0.4, 0.5) is 4.79 Å². The molecular formula is C15H28N2O3. The summed E-state index contributed by atoms with van der Waals surface area (Å²) in [6.07, 6.45) is 4.50. The first-order valence-electron chi connectivity index (χ1n) is 7.62. The number of nitrogens with zero attached hydrogens (tertiary/aromatic N) is 2. The number of carboxylic acids is 1. The van der Waals surface area contributed by atoms with Crippen LogP contribution in [0, 0.1) is 5.92 Å². The number of aliphatic carboxylic acids is 1. The molecule has 3 atom stereocenters.